The summed E-state index contributed by atoms with van der Waals surface area (Å²) in [6, 6.07) is 16.0. The van der Waals surface area contributed by atoms with E-state index in [1.165, 1.54) is 0 Å². The fourth-order valence-electron chi connectivity index (χ4n) is 3.59. The van der Waals surface area contributed by atoms with Gasteiger partial charge in [-0.25, -0.2) is 0 Å². The Morgan fingerprint density at radius 2 is 1.56 bits per heavy atom. The molecule has 1 saturated carbocycles. The van der Waals surface area contributed by atoms with Crippen LogP contribution in [0.2, 0.25) is 0 Å². The van der Waals surface area contributed by atoms with Crippen molar-refractivity contribution in [2.24, 2.45) is 5.41 Å². The van der Waals surface area contributed by atoms with Gasteiger partial charge in [-0.15, -0.1) is 0 Å². The Bertz CT molecular complexity index is 803. The van der Waals surface area contributed by atoms with E-state index in [-0.39, 0.29) is 11.8 Å². The Hall–Kier alpha value is -2.62. The van der Waals surface area contributed by atoms with Crippen molar-refractivity contribution in [3.8, 4) is 0 Å². The number of hydrogen-bond acceptors (Lipinski definition) is 2. The fourth-order valence-corrected chi connectivity index (χ4v) is 3.59. The molecule has 0 radical (unpaired) electrons. The number of para-hydroxylation sites is 1. The first-order valence-electron chi connectivity index (χ1n) is 9.73. The Morgan fingerprint density at radius 1 is 0.963 bits per heavy atom. The van der Waals surface area contributed by atoms with Crippen molar-refractivity contribution in [2.45, 2.75) is 46.1 Å². The van der Waals surface area contributed by atoms with Crippen LogP contribution >= 0.6 is 0 Å². The maximum atomic E-state index is 13.1. The van der Waals surface area contributed by atoms with Gasteiger partial charge in [-0.3, -0.25) is 9.59 Å². The highest BCUT2D eigenvalue weighted by molar-refractivity contribution is 6.13. The molecule has 0 heterocycles. The van der Waals surface area contributed by atoms with Crippen LogP contribution in [0.15, 0.2) is 48.5 Å². The highest BCUT2D eigenvalue weighted by Crippen LogP contribution is 2.48. The molecule has 1 N–H and O–H groups in total. The predicted molar refractivity (Wildman–Crippen MR) is 108 cm³/mol. The van der Waals surface area contributed by atoms with Crippen LogP contribution < -0.4 is 5.32 Å². The molecule has 0 aromatic heterocycles. The summed E-state index contributed by atoms with van der Waals surface area (Å²) >= 11 is 0. The summed E-state index contributed by atoms with van der Waals surface area (Å²) < 4.78 is 0. The summed E-state index contributed by atoms with van der Waals surface area (Å²) in [5, 5.41) is 3.10. The minimum atomic E-state index is -0.907. The van der Waals surface area contributed by atoms with Gasteiger partial charge in [0.2, 0.25) is 11.8 Å². The van der Waals surface area contributed by atoms with Gasteiger partial charge in [-0.1, -0.05) is 62.4 Å². The van der Waals surface area contributed by atoms with Gasteiger partial charge in [-0.2, -0.15) is 0 Å². The van der Waals surface area contributed by atoms with Crippen LogP contribution in [0, 0.1) is 5.41 Å². The number of nitrogens with one attached hydrogen (secondary N) is 1. The molecule has 0 bridgehead atoms. The zero-order valence-electron chi connectivity index (χ0n) is 16.4. The number of benzene rings is 2. The molecule has 4 heteroatoms. The molecule has 2 amide bonds. The highest BCUT2D eigenvalue weighted by Gasteiger charge is 2.57. The van der Waals surface area contributed by atoms with Crippen molar-refractivity contribution in [3.63, 3.8) is 0 Å². The first-order chi connectivity index (χ1) is 13.0. The van der Waals surface area contributed by atoms with Crippen molar-refractivity contribution < 1.29 is 9.59 Å². The smallest absolute Gasteiger partial charge is 0.240 e. The number of carbonyl (C=O) groups is 2. The van der Waals surface area contributed by atoms with E-state index in [0.717, 1.165) is 35.2 Å². The molecule has 2 aromatic carbocycles. The van der Waals surface area contributed by atoms with Gasteiger partial charge in [-0.05, 0) is 42.4 Å². The average Bonchev–Trinajstić information content (AvgIpc) is 3.50. The molecule has 0 aliphatic heterocycles. The molecule has 0 spiro atoms. The summed E-state index contributed by atoms with van der Waals surface area (Å²) in [6.45, 7) is 4.67. The molecule has 4 nitrogen and oxygen atoms in total. The summed E-state index contributed by atoms with van der Waals surface area (Å²) in [4.78, 5) is 27.8. The normalized spacial score (nSPS) is 14.5. The monoisotopic (exact) mass is 364 g/mol. The van der Waals surface area contributed by atoms with Gasteiger partial charge < -0.3 is 10.2 Å². The number of amides is 2. The fraction of sp³-hybridized carbons (Fsp3) is 0.391. The van der Waals surface area contributed by atoms with Gasteiger partial charge in [0.1, 0.15) is 5.41 Å². The highest BCUT2D eigenvalue weighted by atomic mass is 16.2. The van der Waals surface area contributed by atoms with Crippen molar-refractivity contribution in [3.05, 3.63) is 65.2 Å². The lowest BCUT2D eigenvalue weighted by molar-refractivity contribution is -0.141. The molecule has 1 aliphatic rings. The molecule has 0 saturated heterocycles. The average molecular weight is 364 g/mol. The third-order valence-corrected chi connectivity index (χ3v) is 5.44. The van der Waals surface area contributed by atoms with E-state index in [1.54, 1.807) is 11.9 Å². The van der Waals surface area contributed by atoms with Crippen LogP contribution in [0.3, 0.4) is 0 Å². The molecule has 0 atom stereocenters. The van der Waals surface area contributed by atoms with E-state index in [1.807, 2.05) is 48.5 Å². The van der Waals surface area contributed by atoms with Gasteiger partial charge in [0.05, 0.1) is 0 Å². The summed E-state index contributed by atoms with van der Waals surface area (Å²) in [5.41, 5.74) is 3.27. The molecule has 2 aromatic rings. The van der Waals surface area contributed by atoms with Crippen molar-refractivity contribution in [1.82, 2.24) is 4.90 Å². The van der Waals surface area contributed by atoms with Gasteiger partial charge in [0, 0.05) is 19.3 Å². The van der Waals surface area contributed by atoms with Crippen LogP contribution in [0.4, 0.5) is 5.69 Å². The zero-order chi connectivity index (χ0) is 19.4. The predicted octanol–water partition coefficient (Wildman–Crippen LogP) is 4.19. The van der Waals surface area contributed by atoms with E-state index in [2.05, 4.69) is 19.2 Å². The van der Waals surface area contributed by atoms with E-state index < -0.39 is 5.41 Å². The summed E-state index contributed by atoms with van der Waals surface area (Å²) in [7, 11) is 1.78. The van der Waals surface area contributed by atoms with Gasteiger partial charge >= 0.3 is 0 Å². The molecule has 1 fully saturated rings. The second-order valence-corrected chi connectivity index (χ2v) is 7.34. The lowest BCUT2D eigenvalue weighted by Crippen LogP contribution is -2.41. The maximum absolute atomic E-state index is 13.1. The quantitative estimate of drug-likeness (QED) is 0.749. The van der Waals surface area contributed by atoms with Crippen LogP contribution in [0.5, 0.6) is 0 Å². The standard InChI is InChI=1S/C23H28N2O2/c1-4-18-12-9-13-19(5-2)20(18)24-21(26)23(14-15-23)22(27)25(3)16-17-10-7-6-8-11-17/h6-13H,4-5,14-16H2,1-3H3,(H,24,26). The van der Waals surface area contributed by atoms with E-state index >= 15 is 0 Å². The number of nitrogens with zero attached hydrogens (tertiary/aromatic N) is 1. The first-order valence-corrected chi connectivity index (χ1v) is 9.73. The Morgan fingerprint density at radius 3 is 2.07 bits per heavy atom. The molecule has 27 heavy (non-hydrogen) atoms. The molecule has 0 unspecified atom stereocenters. The Kier molecular flexibility index (Phi) is 5.64. The number of rotatable bonds is 7. The topological polar surface area (TPSA) is 49.4 Å². The molecule has 142 valence electrons. The third-order valence-electron chi connectivity index (χ3n) is 5.44. The minimum absolute atomic E-state index is 0.0871. The number of aryl methyl sites for hydroxylation is 2. The number of anilines is 1. The summed E-state index contributed by atoms with van der Waals surface area (Å²) in [6.07, 6.45) is 2.93. The number of hydrogen-bond donors (Lipinski definition) is 1. The first kappa shape index (κ1) is 19.2. The molecule has 1 aliphatic carbocycles. The summed E-state index contributed by atoms with van der Waals surface area (Å²) in [5.74, 6) is -0.251. The van der Waals surface area contributed by atoms with Gasteiger partial charge in [0.25, 0.3) is 0 Å². The lowest BCUT2D eigenvalue weighted by Gasteiger charge is -2.24. The SMILES string of the molecule is CCc1cccc(CC)c1NC(=O)C1(C(=O)N(C)Cc2ccccc2)CC1. The van der Waals surface area contributed by atoms with E-state index in [4.69, 9.17) is 0 Å². The Labute approximate surface area is 161 Å². The van der Waals surface area contributed by atoms with Crippen molar-refractivity contribution in [1.29, 1.82) is 0 Å². The second kappa shape index (κ2) is 7.95. The molecule has 3 rings (SSSR count). The maximum Gasteiger partial charge on any atom is 0.240 e. The van der Waals surface area contributed by atoms with Crippen LogP contribution in [0.1, 0.15) is 43.4 Å². The van der Waals surface area contributed by atoms with Crippen LogP contribution in [-0.4, -0.2) is 23.8 Å². The number of carbonyl (C=O) groups excluding carboxylic acids is 2. The second-order valence-electron chi connectivity index (χ2n) is 7.34. The van der Waals surface area contributed by atoms with E-state index in [9.17, 15) is 9.59 Å². The molecular formula is C23H28N2O2. The van der Waals surface area contributed by atoms with Crippen LogP contribution in [0.25, 0.3) is 0 Å². The van der Waals surface area contributed by atoms with Crippen LogP contribution in [-0.2, 0) is 29.0 Å². The van der Waals surface area contributed by atoms with Crippen molar-refractivity contribution in [2.75, 3.05) is 12.4 Å². The zero-order valence-corrected chi connectivity index (χ0v) is 16.4. The minimum Gasteiger partial charge on any atom is -0.340 e. The third kappa shape index (κ3) is 3.90. The molecular weight excluding hydrogens is 336 g/mol. The Balaban J connectivity index is 1.76. The van der Waals surface area contributed by atoms with Crippen molar-refractivity contribution >= 4 is 17.5 Å². The largest absolute Gasteiger partial charge is 0.340 e. The lowest BCUT2D eigenvalue weighted by atomic mass is 10.00. The van der Waals surface area contributed by atoms with E-state index in [0.29, 0.717) is 19.4 Å². The van der Waals surface area contributed by atoms with Gasteiger partial charge in [0.15, 0.2) is 0 Å².